The normalized spacial score (nSPS) is 13.1. The number of hydrogen-bond acceptors (Lipinski definition) is 7. The number of aromatic amines is 1. The van der Waals surface area contributed by atoms with Crippen LogP contribution in [0.3, 0.4) is 0 Å². The summed E-state index contributed by atoms with van der Waals surface area (Å²) in [6, 6.07) is 7.19. The lowest BCUT2D eigenvalue weighted by atomic mass is 9.94. The van der Waals surface area contributed by atoms with E-state index in [4.69, 9.17) is 15.2 Å². The fourth-order valence-corrected chi connectivity index (χ4v) is 4.39. The number of H-pyrrole nitrogens is 1. The maximum atomic E-state index is 15.7. The lowest BCUT2D eigenvalue weighted by Crippen LogP contribution is -2.14. The maximum absolute atomic E-state index is 15.7. The standard InChI is InChI=1S/C26H25FN6O3/c1-4-35-21-9-14(8-16-19(11-29)31-32-26(34)22(16)21)18-12-30-33(3)25(18)23-17(10-28)20(36-15-5-6-15)7-13(2)24(23)27/h7-9,12,15H,4-6,11,29H2,1-3H3,(H,32,34). The van der Waals surface area contributed by atoms with Crippen LogP contribution >= 0.6 is 0 Å². The van der Waals surface area contributed by atoms with Gasteiger partial charge in [-0.3, -0.25) is 9.48 Å². The summed E-state index contributed by atoms with van der Waals surface area (Å²) < 4.78 is 29.0. The Kier molecular flexibility index (Phi) is 5.94. The van der Waals surface area contributed by atoms with E-state index in [-0.39, 0.29) is 23.8 Å². The Morgan fingerprint density at radius 3 is 2.75 bits per heavy atom. The summed E-state index contributed by atoms with van der Waals surface area (Å²) in [5, 5.41) is 21.8. The molecule has 10 heteroatoms. The van der Waals surface area contributed by atoms with Crippen LogP contribution in [-0.4, -0.2) is 32.7 Å². The predicted octanol–water partition coefficient (Wildman–Crippen LogP) is 3.71. The third-order valence-electron chi connectivity index (χ3n) is 6.25. The molecule has 0 saturated heterocycles. The van der Waals surface area contributed by atoms with Crippen molar-refractivity contribution in [3.8, 4) is 40.0 Å². The first kappa shape index (κ1) is 23.5. The number of nitriles is 1. The Hall–Kier alpha value is -4.23. The summed E-state index contributed by atoms with van der Waals surface area (Å²) in [4.78, 5) is 12.6. The highest BCUT2D eigenvalue weighted by Crippen LogP contribution is 2.42. The van der Waals surface area contributed by atoms with Gasteiger partial charge >= 0.3 is 0 Å². The number of benzene rings is 2. The van der Waals surface area contributed by atoms with Crippen LogP contribution in [0.4, 0.5) is 4.39 Å². The second-order valence-corrected chi connectivity index (χ2v) is 8.75. The van der Waals surface area contributed by atoms with E-state index in [2.05, 4.69) is 21.4 Å². The van der Waals surface area contributed by atoms with Crippen molar-refractivity contribution in [2.75, 3.05) is 6.61 Å². The van der Waals surface area contributed by atoms with Crippen LogP contribution in [0.5, 0.6) is 11.5 Å². The first-order chi connectivity index (χ1) is 17.4. The molecule has 0 spiro atoms. The topological polar surface area (TPSA) is 132 Å². The van der Waals surface area contributed by atoms with Crippen LogP contribution in [0.2, 0.25) is 0 Å². The minimum atomic E-state index is -0.522. The first-order valence-electron chi connectivity index (χ1n) is 11.7. The quantitative estimate of drug-likeness (QED) is 0.405. The second-order valence-electron chi connectivity index (χ2n) is 8.75. The van der Waals surface area contributed by atoms with E-state index >= 15 is 4.39 Å². The van der Waals surface area contributed by atoms with E-state index < -0.39 is 11.4 Å². The maximum Gasteiger partial charge on any atom is 0.275 e. The smallest absolute Gasteiger partial charge is 0.275 e. The van der Waals surface area contributed by atoms with Crippen molar-refractivity contribution in [1.82, 2.24) is 20.0 Å². The van der Waals surface area contributed by atoms with Gasteiger partial charge in [-0.05, 0) is 56.0 Å². The van der Waals surface area contributed by atoms with Crippen molar-refractivity contribution in [3.05, 3.63) is 57.4 Å². The van der Waals surface area contributed by atoms with E-state index in [9.17, 15) is 10.1 Å². The van der Waals surface area contributed by atoms with E-state index in [0.717, 1.165) is 12.8 Å². The van der Waals surface area contributed by atoms with Crippen molar-refractivity contribution in [2.24, 2.45) is 12.8 Å². The summed E-state index contributed by atoms with van der Waals surface area (Å²) in [6.45, 7) is 3.88. The Labute approximate surface area is 206 Å². The Morgan fingerprint density at radius 2 is 2.08 bits per heavy atom. The molecule has 0 unspecified atom stereocenters. The van der Waals surface area contributed by atoms with E-state index in [1.807, 2.05) is 6.92 Å². The predicted molar refractivity (Wildman–Crippen MR) is 132 cm³/mol. The van der Waals surface area contributed by atoms with Gasteiger partial charge < -0.3 is 15.2 Å². The molecule has 0 radical (unpaired) electrons. The van der Waals surface area contributed by atoms with Crippen molar-refractivity contribution in [2.45, 2.75) is 39.3 Å². The Balaban J connectivity index is 1.80. The minimum absolute atomic E-state index is 0.0373. The van der Waals surface area contributed by atoms with Crippen LogP contribution in [-0.2, 0) is 13.6 Å². The molecule has 0 bridgehead atoms. The number of halogens is 1. The number of fused-ring (bicyclic) bond motifs is 1. The lowest BCUT2D eigenvalue weighted by molar-refractivity contribution is 0.301. The van der Waals surface area contributed by atoms with Gasteiger partial charge in [0.1, 0.15) is 28.9 Å². The molecule has 3 N–H and O–H groups in total. The summed E-state index contributed by atoms with van der Waals surface area (Å²) in [5.74, 6) is 0.183. The van der Waals surface area contributed by atoms with Crippen LogP contribution < -0.4 is 20.8 Å². The van der Waals surface area contributed by atoms with Gasteiger partial charge in [0.2, 0.25) is 0 Å². The number of nitrogens with one attached hydrogen (secondary N) is 1. The summed E-state index contributed by atoms with van der Waals surface area (Å²) in [7, 11) is 1.69. The molecule has 4 aromatic rings. The highest BCUT2D eigenvalue weighted by molar-refractivity contribution is 5.96. The zero-order chi connectivity index (χ0) is 25.6. The van der Waals surface area contributed by atoms with E-state index in [1.165, 1.54) is 4.68 Å². The molecular weight excluding hydrogens is 463 g/mol. The van der Waals surface area contributed by atoms with Gasteiger partial charge in [0, 0.05) is 24.5 Å². The van der Waals surface area contributed by atoms with Gasteiger partial charge in [0.25, 0.3) is 5.56 Å². The van der Waals surface area contributed by atoms with Crippen LogP contribution in [0.25, 0.3) is 33.2 Å². The molecule has 36 heavy (non-hydrogen) atoms. The minimum Gasteiger partial charge on any atom is -0.493 e. The van der Waals surface area contributed by atoms with Gasteiger partial charge in [0.15, 0.2) is 0 Å². The Bertz CT molecular complexity index is 1600. The fourth-order valence-electron chi connectivity index (χ4n) is 4.39. The summed E-state index contributed by atoms with van der Waals surface area (Å²) in [5.41, 5.74) is 8.15. The number of rotatable bonds is 7. The molecule has 2 heterocycles. The van der Waals surface area contributed by atoms with Gasteiger partial charge in [-0.25, -0.2) is 9.49 Å². The molecule has 1 aliphatic carbocycles. The van der Waals surface area contributed by atoms with E-state index in [0.29, 0.717) is 57.0 Å². The largest absolute Gasteiger partial charge is 0.493 e. The Morgan fingerprint density at radius 1 is 1.31 bits per heavy atom. The van der Waals surface area contributed by atoms with Crippen molar-refractivity contribution in [1.29, 1.82) is 5.26 Å². The molecule has 0 atom stereocenters. The van der Waals surface area contributed by atoms with Crippen molar-refractivity contribution < 1.29 is 13.9 Å². The highest BCUT2D eigenvalue weighted by atomic mass is 19.1. The number of hydrogen-bond donors (Lipinski definition) is 2. The van der Waals surface area contributed by atoms with Crippen LogP contribution in [0, 0.1) is 24.1 Å². The van der Waals surface area contributed by atoms with Crippen molar-refractivity contribution in [3.63, 3.8) is 0 Å². The molecule has 2 aromatic carbocycles. The molecular formula is C26H25FN6O3. The molecule has 0 aliphatic heterocycles. The number of nitrogens with zero attached hydrogens (tertiary/aromatic N) is 4. The molecule has 9 nitrogen and oxygen atoms in total. The van der Waals surface area contributed by atoms with Crippen LogP contribution in [0.1, 0.15) is 36.6 Å². The monoisotopic (exact) mass is 488 g/mol. The zero-order valence-corrected chi connectivity index (χ0v) is 20.2. The lowest BCUT2D eigenvalue weighted by Gasteiger charge is -2.16. The number of ether oxygens (including phenoxy) is 2. The summed E-state index contributed by atoms with van der Waals surface area (Å²) >= 11 is 0. The van der Waals surface area contributed by atoms with Gasteiger partial charge in [0.05, 0.1) is 41.2 Å². The number of aryl methyl sites for hydroxylation is 2. The zero-order valence-electron chi connectivity index (χ0n) is 20.2. The second kappa shape index (κ2) is 9.09. The molecule has 2 aromatic heterocycles. The van der Waals surface area contributed by atoms with E-state index in [1.54, 1.807) is 38.4 Å². The first-order valence-corrected chi connectivity index (χ1v) is 11.7. The van der Waals surface area contributed by atoms with Gasteiger partial charge in [-0.1, -0.05) is 0 Å². The molecule has 1 saturated carbocycles. The van der Waals surface area contributed by atoms with Crippen molar-refractivity contribution >= 4 is 10.8 Å². The third kappa shape index (κ3) is 3.87. The molecule has 184 valence electrons. The summed E-state index contributed by atoms with van der Waals surface area (Å²) in [6.07, 6.45) is 3.44. The molecule has 5 rings (SSSR count). The highest BCUT2D eigenvalue weighted by Gasteiger charge is 2.29. The molecule has 1 aliphatic rings. The average molecular weight is 489 g/mol. The van der Waals surface area contributed by atoms with Crippen LogP contribution in [0.15, 0.2) is 29.2 Å². The average Bonchev–Trinajstić information content (AvgIpc) is 3.60. The number of nitrogens with two attached hydrogens (primary N) is 1. The molecule has 1 fully saturated rings. The number of aromatic nitrogens is 4. The van der Waals surface area contributed by atoms with Gasteiger partial charge in [-0.2, -0.15) is 15.5 Å². The fraction of sp³-hybridized carbons (Fsp3) is 0.308. The van der Waals surface area contributed by atoms with Gasteiger partial charge in [-0.15, -0.1) is 0 Å². The third-order valence-corrected chi connectivity index (χ3v) is 6.25. The molecule has 0 amide bonds. The SMILES string of the molecule is CCOc1cc(-c2cnn(C)c2-c2c(F)c(C)cc(OC3CC3)c2C#N)cc2c(CN)n[nH]c(=O)c12.